The molecule has 0 aliphatic heterocycles. The Labute approximate surface area is 179 Å². The highest BCUT2D eigenvalue weighted by Gasteiger charge is 2.20. The van der Waals surface area contributed by atoms with Crippen molar-refractivity contribution in [2.45, 2.75) is 65.8 Å². The summed E-state index contributed by atoms with van der Waals surface area (Å²) in [5, 5.41) is 5.39. The van der Waals surface area contributed by atoms with Gasteiger partial charge in [-0.15, -0.1) is 4.99 Å². The van der Waals surface area contributed by atoms with Gasteiger partial charge in [0.25, 0.3) is 0 Å². The van der Waals surface area contributed by atoms with Crippen LogP contribution < -0.4 is 16.4 Å². The molecular formula is C19H29IN4O4. The highest BCUT2D eigenvalue weighted by molar-refractivity contribution is 14.1. The second-order valence-corrected chi connectivity index (χ2v) is 9.21. The average molecular weight is 504 g/mol. The molecule has 0 heterocycles. The lowest BCUT2D eigenvalue weighted by Crippen LogP contribution is -2.44. The number of carbonyl (C=O) groups is 2. The van der Waals surface area contributed by atoms with Crippen LogP contribution in [-0.4, -0.2) is 29.3 Å². The Balaban J connectivity index is 2.91. The Morgan fingerprint density at radius 2 is 1.71 bits per heavy atom. The van der Waals surface area contributed by atoms with Crippen LogP contribution in [0.3, 0.4) is 0 Å². The summed E-state index contributed by atoms with van der Waals surface area (Å²) >= 11 is 2.21. The van der Waals surface area contributed by atoms with Gasteiger partial charge in [0.2, 0.25) is 5.96 Å². The van der Waals surface area contributed by atoms with Crippen molar-refractivity contribution < 1.29 is 19.1 Å². The standard InChI is InChI=1S/C19H29IN4O4/c1-18(2,3)27-16(25)23-15(24-17(26)28-19(4,5)6)22-11-12-7-8-13(10-21)14(20)9-12/h7-9H,10-11,21H2,1-6H3,(H2,22,23,24,25,26). The molecule has 1 aromatic rings. The zero-order valence-electron chi connectivity index (χ0n) is 17.2. The number of alkyl carbamates (subject to hydrolysis) is 1. The van der Waals surface area contributed by atoms with Gasteiger partial charge in [-0.2, -0.15) is 0 Å². The van der Waals surface area contributed by atoms with E-state index in [0.717, 1.165) is 14.7 Å². The summed E-state index contributed by atoms with van der Waals surface area (Å²) in [6.07, 6.45) is -1.55. The fraction of sp³-hybridized carbons (Fsp3) is 0.526. The molecule has 0 aliphatic carbocycles. The molecule has 1 rings (SSSR count). The summed E-state index contributed by atoms with van der Waals surface area (Å²) in [6, 6.07) is 5.81. The summed E-state index contributed by atoms with van der Waals surface area (Å²) in [6.45, 7) is 11.2. The molecule has 8 nitrogen and oxygen atoms in total. The number of amides is 2. The predicted octanol–water partition coefficient (Wildman–Crippen LogP) is 3.66. The highest BCUT2D eigenvalue weighted by atomic mass is 127. The topological polar surface area (TPSA) is 115 Å². The van der Waals surface area contributed by atoms with E-state index in [9.17, 15) is 9.59 Å². The van der Waals surface area contributed by atoms with Gasteiger partial charge in [0.05, 0.1) is 0 Å². The third kappa shape index (κ3) is 9.88. The maximum absolute atomic E-state index is 12.1. The van der Waals surface area contributed by atoms with Gasteiger partial charge >= 0.3 is 12.2 Å². The molecule has 9 heteroatoms. The van der Waals surface area contributed by atoms with Crippen LogP contribution >= 0.6 is 22.6 Å². The van der Waals surface area contributed by atoms with Crippen molar-refractivity contribution in [2.24, 2.45) is 10.7 Å². The number of rotatable bonds is 3. The molecule has 28 heavy (non-hydrogen) atoms. The Morgan fingerprint density at radius 1 is 1.11 bits per heavy atom. The molecule has 0 spiro atoms. The predicted molar refractivity (Wildman–Crippen MR) is 117 cm³/mol. The molecule has 1 aromatic carbocycles. The SMILES string of the molecule is CC(C)(C)OC(=O)/N=C(/NCc1ccc(CN)c(I)c1)NC(=O)OC(C)(C)C. The molecule has 0 aliphatic rings. The van der Waals surface area contributed by atoms with Crippen molar-refractivity contribution in [3.63, 3.8) is 0 Å². The number of nitrogens with two attached hydrogens (primary N) is 1. The van der Waals surface area contributed by atoms with Crippen molar-refractivity contribution in [1.29, 1.82) is 0 Å². The average Bonchev–Trinajstić information content (AvgIpc) is 2.49. The van der Waals surface area contributed by atoms with Crippen LogP contribution in [0.4, 0.5) is 9.59 Å². The Morgan fingerprint density at radius 3 is 2.21 bits per heavy atom. The second-order valence-electron chi connectivity index (χ2n) is 8.05. The van der Waals surface area contributed by atoms with E-state index in [4.69, 9.17) is 15.2 Å². The van der Waals surface area contributed by atoms with Crippen LogP contribution in [0.1, 0.15) is 52.7 Å². The van der Waals surface area contributed by atoms with E-state index in [-0.39, 0.29) is 5.96 Å². The molecule has 0 bridgehead atoms. The lowest BCUT2D eigenvalue weighted by molar-refractivity contribution is 0.0560. The molecular weight excluding hydrogens is 475 g/mol. The van der Waals surface area contributed by atoms with E-state index < -0.39 is 23.4 Å². The zero-order valence-corrected chi connectivity index (χ0v) is 19.3. The molecule has 0 radical (unpaired) electrons. The van der Waals surface area contributed by atoms with E-state index in [2.05, 4.69) is 38.2 Å². The first-order valence-electron chi connectivity index (χ1n) is 8.82. The molecule has 0 atom stereocenters. The molecule has 0 saturated heterocycles. The van der Waals surface area contributed by atoms with Crippen molar-refractivity contribution in [2.75, 3.05) is 0 Å². The van der Waals surface area contributed by atoms with Crippen LogP contribution in [0.15, 0.2) is 23.2 Å². The van der Waals surface area contributed by atoms with Gasteiger partial charge in [0, 0.05) is 16.7 Å². The zero-order chi connectivity index (χ0) is 21.5. The number of guanidine groups is 1. The van der Waals surface area contributed by atoms with E-state index in [1.807, 2.05) is 18.2 Å². The summed E-state index contributed by atoms with van der Waals surface area (Å²) in [7, 11) is 0. The maximum atomic E-state index is 12.1. The molecule has 4 N–H and O–H groups in total. The van der Waals surface area contributed by atoms with Gasteiger partial charge < -0.3 is 20.5 Å². The van der Waals surface area contributed by atoms with Crippen molar-refractivity contribution >= 4 is 40.7 Å². The monoisotopic (exact) mass is 504 g/mol. The van der Waals surface area contributed by atoms with Gasteiger partial charge in [-0.25, -0.2) is 9.59 Å². The molecule has 156 valence electrons. The summed E-state index contributed by atoms with van der Waals surface area (Å²) in [4.78, 5) is 27.9. The van der Waals surface area contributed by atoms with Gasteiger partial charge in [0.15, 0.2) is 0 Å². The third-order valence-electron chi connectivity index (χ3n) is 3.01. The molecule has 0 saturated carbocycles. The van der Waals surface area contributed by atoms with Gasteiger partial charge in [0.1, 0.15) is 11.2 Å². The largest absolute Gasteiger partial charge is 0.444 e. The lowest BCUT2D eigenvalue weighted by Gasteiger charge is -2.21. The number of halogens is 1. The summed E-state index contributed by atoms with van der Waals surface area (Å²) < 4.78 is 11.4. The minimum atomic E-state index is -0.820. The fourth-order valence-corrected chi connectivity index (χ4v) is 2.74. The molecule has 2 amide bonds. The number of nitrogens with one attached hydrogen (secondary N) is 2. The Hall–Kier alpha value is -1.88. The van der Waals surface area contributed by atoms with Crippen molar-refractivity contribution in [3.05, 3.63) is 32.9 Å². The number of hydrogen-bond acceptors (Lipinski definition) is 5. The first-order valence-corrected chi connectivity index (χ1v) is 9.90. The number of aliphatic imine (C=N–C) groups is 1. The van der Waals surface area contributed by atoms with Crippen LogP contribution in [0.25, 0.3) is 0 Å². The minimum Gasteiger partial charge on any atom is -0.444 e. The van der Waals surface area contributed by atoms with Gasteiger partial charge in [-0.3, -0.25) is 5.32 Å². The smallest absolute Gasteiger partial charge is 0.437 e. The number of ether oxygens (including phenoxy) is 2. The summed E-state index contributed by atoms with van der Waals surface area (Å²) in [5.74, 6) is -0.0543. The van der Waals surface area contributed by atoms with Crippen LogP contribution in [0.5, 0.6) is 0 Å². The van der Waals surface area contributed by atoms with E-state index in [1.165, 1.54) is 0 Å². The lowest BCUT2D eigenvalue weighted by atomic mass is 10.1. The van der Waals surface area contributed by atoms with E-state index in [1.54, 1.807) is 41.5 Å². The van der Waals surface area contributed by atoms with Crippen LogP contribution in [0, 0.1) is 3.57 Å². The van der Waals surface area contributed by atoms with Gasteiger partial charge in [-0.1, -0.05) is 12.1 Å². The fourth-order valence-electron chi connectivity index (χ4n) is 1.94. The first kappa shape index (κ1) is 24.2. The number of benzene rings is 1. The minimum absolute atomic E-state index is 0.0543. The second kappa shape index (κ2) is 10.1. The molecule has 0 aromatic heterocycles. The van der Waals surface area contributed by atoms with Crippen LogP contribution in [0.2, 0.25) is 0 Å². The maximum Gasteiger partial charge on any atom is 0.437 e. The normalized spacial score (nSPS) is 12.4. The van der Waals surface area contributed by atoms with Crippen molar-refractivity contribution in [1.82, 2.24) is 10.6 Å². The van der Waals surface area contributed by atoms with Crippen LogP contribution in [-0.2, 0) is 22.6 Å². The Bertz CT molecular complexity index is 736. The third-order valence-corrected chi connectivity index (χ3v) is 4.02. The first-order chi connectivity index (χ1) is 12.8. The number of carbonyl (C=O) groups excluding carboxylic acids is 2. The number of nitrogens with zero attached hydrogens (tertiary/aromatic N) is 1. The molecule has 0 fully saturated rings. The van der Waals surface area contributed by atoms with Crippen molar-refractivity contribution in [3.8, 4) is 0 Å². The number of hydrogen-bond donors (Lipinski definition) is 3. The summed E-state index contributed by atoms with van der Waals surface area (Å²) in [5.41, 5.74) is 6.27. The Kier molecular flexibility index (Phi) is 8.68. The van der Waals surface area contributed by atoms with Gasteiger partial charge in [-0.05, 0) is 81.3 Å². The highest BCUT2D eigenvalue weighted by Crippen LogP contribution is 2.14. The molecule has 0 unspecified atom stereocenters. The quantitative estimate of drug-likeness (QED) is 0.329. The van der Waals surface area contributed by atoms with E-state index in [0.29, 0.717) is 13.1 Å². The van der Waals surface area contributed by atoms with E-state index >= 15 is 0 Å².